The lowest BCUT2D eigenvalue weighted by Gasteiger charge is -2.28. The molecule has 2 rings (SSSR count). The molecule has 1 saturated heterocycles. The summed E-state index contributed by atoms with van der Waals surface area (Å²) in [5, 5.41) is 13.4. The van der Waals surface area contributed by atoms with Crippen LogP contribution in [0.15, 0.2) is 6.20 Å². The second kappa shape index (κ2) is 4.25. The van der Waals surface area contributed by atoms with Gasteiger partial charge in [-0.1, -0.05) is 0 Å². The van der Waals surface area contributed by atoms with Crippen LogP contribution in [0.2, 0.25) is 0 Å². The van der Waals surface area contributed by atoms with Crippen LogP contribution in [0, 0.1) is 0 Å². The SMILES string of the molecule is CN1CCC(c2nn(C)cc2C(=O)O)CC1. The number of aromatic carboxylic acids is 1. The zero-order valence-electron chi connectivity index (χ0n) is 9.68. The van der Waals surface area contributed by atoms with Crippen LogP contribution < -0.4 is 0 Å². The minimum atomic E-state index is -0.873. The first kappa shape index (κ1) is 11.1. The molecule has 1 aromatic heterocycles. The fraction of sp³-hybridized carbons (Fsp3) is 0.636. The molecule has 0 saturated carbocycles. The van der Waals surface area contributed by atoms with E-state index in [1.54, 1.807) is 17.9 Å². The van der Waals surface area contributed by atoms with Crippen molar-refractivity contribution >= 4 is 5.97 Å². The molecule has 1 aliphatic rings. The first-order valence-corrected chi connectivity index (χ1v) is 5.53. The van der Waals surface area contributed by atoms with Gasteiger partial charge < -0.3 is 10.0 Å². The van der Waals surface area contributed by atoms with E-state index >= 15 is 0 Å². The van der Waals surface area contributed by atoms with Crippen LogP contribution in [0.5, 0.6) is 0 Å². The molecule has 0 bridgehead atoms. The Morgan fingerprint density at radius 3 is 2.62 bits per heavy atom. The zero-order chi connectivity index (χ0) is 11.7. The maximum Gasteiger partial charge on any atom is 0.339 e. The molecule has 1 N–H and O–H groups in total. The van der Waals surface area contributed by atoms with E-state index in [1.807, 2.05) is 0 Å². The van der Waals surface area contributed by atoms with Crippen LogP contribution in [0.4, 0.5) is 0 Å². The second-order valence-electron chi connectivity index (χ2n) is 4.48. The molecule has 0 radical (unpaired) electrons. The quantitative estimate of drug-likeness (QED) is 0.810. The molecule has 5 heteroatoms. The summed E-state index contributed by atoms with van der Waals surface area (Å²) < 4.78 is 1.59. The predicted molar refractivity (Wildman–Crippen MR) is 59.6 cm³/mol. The Hall–Kier alpha value is -1.36. The summed E-state index contributed by atoms with van der Waals surface area (Å²) in [4.78, 5) is 13.3. The summed E-state index contributed by atoms with van der Waals surface area (Å²) in [6.45, 7) is 2.03. The fourth-order valence-corrected chi connectivity index (χ4v) is 2.25. The molecule has 1 aliphatic heterocycles. The number of nitrogens with zero attached hydrogens (tertiary/aromatic N) is 3. The summed E-state index contributed by atoms with van der Waals surface area (Å²) in [6.07, 6.45) is 3.58. The lowest BCUT2D eigenvalue weighted by Crippen LogP contribution is -2.29. The van der Waals surface area contributed by atoms with Gasteiger partial charge in [-0.25, -0.2) is 4.79 Å². The van der Waals surface area contributed by atoms with Crippen molar-refractivity contribution < 1.29 is 9.90 Å². The summed E-state index contributed by atoms with van der Waals surface area (Å²) in [5.74, 6) is -0.578. The van der Waals surface area contributed by atoms with E-state index in [0.29, 0.717) is 11.5 Å². The second-order valence-corrected chi connectivity index (χ2v) is 4.48. The topological polar surface area (TPSA) is 58.4 Å². The largest absolute Gasteiger partial charge is 0.478 e. The highest BCUT2D eigenvalue weighted by Crippen LogP contribution is 2.28. The smallest absolute Gasteiger partial charge is 0.339 e. The number of likely N-dealkylation sites (tertiary alicyclic amines) is 1. The van der Waals surface area contributed by atoms with Crippen LogP contribution in [0.3, 0.4) is 0 Å². The van der Waals surface area contributed by atoms with E-state index in [0.717, 1.165) is 31.6 Å². The van der Waals surface area contributed by atoms with Crippen LogP contribution in [0.25, 0.3) is 0 Å². The Bertz CT molecular complexity index is 392. The van der Waals surface area contributed by atoms with Crippen LogP contribution in [0.1, 0.15) is 34.8 Å². The van der Waals surface area contributed by atoms with Crippen molar-refractivity contribution in [2.75, 3.05) is 20.1 Å². The third kappa shape index (κ3) is 2.09. The molecule has 88 valence electrons. The van der Waals surface area contributed by atoms with Gasteiger partial charge in [0.25, 0.3) is 0 Å². The van der Waals surface area contributed by atoms with Crippen molar-refractivity contribution in [1.29, 1.82) is 0 Å². The van der Waals surface area contributed by atoms with Crippen molar-refractivity contribution in [2.45, 2.75) is 18.8 Å². The van der Waals surface area contributed by atoms with Crippen LogP contribution in [-0.2, 0) is 7.05 Å². The Morgan fingerprint density at radius 2 is 2.06 bits per heavy atom. The number of piperidine rings is 1. The van der Waals surface area contributed by atoms with Crippen molar-refractivity contribution in [1.82, 2.24) is 14.7 Å². The Morgan fingerprint density at radius 1 is 1.44 bits per heavy atom. The van der Waals surface area contributed by atoms with Gasteiger partial charge in [-0.15, -0.1) is 0 Å². The van der Waals surface area contributed by atoms with E-state index in [4.69, 9.17) is 5.11 Å². The van der Waals surface area contributed by atoms with Crippen molar-refractivity contribution in [3.63, 3.8) is 0 Å². The lowest BCUT2D eigenvalue weighted by atomic mass is 9.92. The maximum atomic E-state index is 11.1. The highest BCUT2D eigenvalue weighted by molar-refractivity contribution is 5.88. The maximum absolute atomic E-state index is 11.1. The van der Waals surface area contributed by atoms with Crippen LogP contribution in [-0.4, -0.2) is 45.9 Å². The number of carbonyl (C=O) groups is 1. The van der Waals surface area contributed by atoms with E-state index in [-0.39, 0.29) is 0 Å². The molecule has 1 fully saturated rings. The Balaban J connectivity index is 2.22. The zero-order valence-corrected chi connectivity index (χ0v) is 9.68. The van der Waals surface area contributed by atoms with Gasteiger partial charge in [0.05, 0.1) is 5.69 Å². The van der Waals surface area contributed by atoms with Crippen molar-refractivity contribution in [3.05, 3.63) is 17.5 Å². The number of aromatic nitrogens is 2. The van der Waals surface area contributed by atoms with Crippen LogP contribution >= 0.6 is 0 Å². The molecule has 0 atom stereocenters. The van der Waals surface area contributed by atoms with Gasteiger partial charge in [0, 0.05) is 19.2 Å². The minimum absolute atomic E-state index is 0.295. The summed E-state index contributed by atoms with van der Waals surface area (Å²) in [5.41, 5.74) is 1.11. The molecular weight excluding hydrogens is 206 g/mol. The number of hydrogen-bond donors (Lipinski definition) is 1. The van der Waals surface area contributed by atoms with Gasteiger partial charge >= 0.3 is 5.97 Å². The monoisotopic (exact) mass is 223 g/mol. The molecule has 16 heavy (non-hydrogen) atoms. The normalized spacial score (nSPS) is 18.9. The number of carboxylic acids is 1. The average Bonchev–Trinajstić information content (AvgIpc) is 2.61. The molecule has 0 unspecified atom stereocenters. The first-order valence-electron chi connectivity index (χ1n) is 5.53. The summed E-state index contributed by atoms with van der Waals surface area (Å²) in [7, 11) is 3.86. The Labute approximate surface area is 94.7 Å². The van der Waals surface area contributed by atoms with Gasteiger partial charge in [-0.05, 0) is 33.0 Å². The number of aryl methyl sites for hydroxylation is 1. The molecular formula is C11H17N3O2. The van der Waals surface area contributed by atoms with Gasteiger partial charge in [-0.2, -0.15) is 5.10 Å². The Kier molecular flexibility index (Phi) is 2.96. The molecule has 2 heterocycles. The van der Waals surface area contributed by atoms with Gasteiger partial charge in [0.1, 0.15) is 5.56 Å². The highest BCUT2D eigenvalue weighted by Gasteiger charge is 2.25. The van der Waals surface area contributed by atoms with Gasteiger partial charge in [0.2, 0.25) is 0 Å². The molecule has 0 spiro atoms. The standard InChI is InChI=1S/C11H17N3O2/c1-13-5-3-8(4-6-13)10-9(11(15)16)7-14(2)12-10/h7-8H,3-6H2,1-2H3,(H,15,16). The van der Waals surface area contributed by atoms with E-state index in [2.05, 4.69) is 17.0 Å². The number of rotatable bonds is 2. The predicted octanol–water partition coefficient (Wildman–Crippen LogP) is 0.927. The third-order valence-corrected chi connectivity index (χ3v) is 3.19. The number of carboxylic acid groups (broad SMARTS) is 1. The molecule has 0 aliphatic carbocycles. The fourth-order valence-electron chi connectivity index (χ4n) is 2.25. The lowest BCUT2D eigenvalue weighted by molar-refractivity contribution is 0.0694. The summed E-state index contributed by atoms with van der Waals surface area (Å²) >= 11 is 0. The van der Waals surface area contributed by atoms with E-state index in [1.165, 1.54) is 0 Å². The highest BCUT2D eigenvalue weighted by atomic mass is 16.4. The molecule has 0 aromatic carbocycles. The third-order valence-electron chi connectivity index (χ3n) is 3.19. The van der Waals surface area contributed by atoms with Gasteiger partial charge in [-0.3, -0.25) is 4.68 Å². The molecule has 1 aromatic rings. The molecule has 5 nitrogen and oxygen atoms in total. The van der Waals surface area contributed by atoms with E-state index < -0.39 is 5.97 Å². The molecule has 0 amide bonds. The van der Waals surface area contributed by atoms with Crippen molar-refractivity contribution in [3.8, 4) is 0 Å². The summed E-state index contributed by atoms with van der Waals surface area (Å²) in [6, 6.07) is 0. The van der Waals surface area contributed by atoms with Crippen molar-refractivity contribution in [2.24, 2.45) is 7.05 Å². The average molecular weight is 223 g/mol. The van der Waals surface area contributed by atoms with E-state index in [9.17, 15) is 4.79 Å². The van der Waals surface area contributed by atoms with Gasteiger partial charge in [0.15, 0.2) is 0 Å². The number of hydrogen-bond acceptors (Lipinski definition) is 3. The minimum Gasteiger partial charge on any atom is -0.478 e. The first-order chi connectivity index (χ1) is 7.58.